The molecule has 2 aliphatic rings. The minimum absolute atomic E-state index is 0. The highest BCUT2D eigenvalue weighted by Gasteiger charge is 2.44. The van der Waals surface area contributed by atoms with Crippen molar-refractivity contribution in [2.45, 2.75) is 19.0 Å². The molecule has 0 bridgehead atoms. The first-order valence-electron chi connectivity index (χ1n) is 12.6. The molecular weight excluding hydrogens is 578 g/mol. The van der Waals surface area contributed by atoms with Crippen LogP contribution in [0.2, 0.25) is 15.1 Å². The summed E-state index contributed by atoms with van der Waals surface area (Å²) >= 11 is 18.8. The predicted molar refractivity (Wildman–Crippen MR) is 161 cm³/mol. The number of nitrogens with zero attached hydrogens (tertiary/aromatic N) is 4. The van der Waals surface area contributed by atoms with E-state index in [2.05, 4.69) is 11.9 Å². The quantitative estimate of drug-likeness (QED) is 0.304. The van der Waals surface area contributed by atoms with Crippen molar-refractivity contribution < 1.29 is 9.53 Å². The van der Waals surface area contributed by atoms with Gasteiger partial charge in [0, 0.05) is 41.2 Å². The molecule has 10 heteroatoms. The lowest BCUT2D eigenvalue weighted by Gasteiger charge is -2.38. The highest BCUT2D eigenvalue weighted by atomic mass is 35.5. The minimum Gasteiger partial charge on any atom is -0.493 e. The fourth-order valence-electron chi connectivity index (χ4n) is 4.96. The van der Waals surface area contributed by atoms with Crippen molar-refractivity contribution >= 4 is 59.1 Å². The Labute approximate surface area is 250 Å². The topological polar surface area (TPSA) is 48.4 Å². The van der Waals surface area contributed by atoms with Crippen LogP contribution in [-0.4, -0.2) is 66.4 Å². The monoisotopic (exact) mass is 606 g/mol. The van der Waals surface area contributed by atoms with E-state index < -0.39 is 6.04 Å². The Kier molecular flexibility index (Phi) is 9.68. The lowest BCUT2D eigenvalue weighted by atomic mass is 9.93. The molecule has 0 aromatic heterocycles. The Balaban J connectivity index is 0.00000353. The number of likely N-dealkylation sites (N-methyl/N-ethyl adjacent to an activating group) is 1. The van der Waals surface area contributed by atoms with Crippen LogP contribution < -0.4 is 4.74 Å². The van der Waals surface area contributed by atoms with Gasteiger partial charge in [0.25, 0.3) is 0 Å². The lowest BCUT2D eigenvalue weighted by Crippen LogP contribution is -2.53. The predicted octanol–water partition coefficient (Wildman–Crippen LogP) is 7.38. The first-order chi connectivity index (χ1) is 18.4. The van der Waals surface area contributed by atoms with Crippen LogP contribution in [0.1, 0.15) is 35.7 Å². The number of hydrogen-bond donors (Lipinski definition) is 0. The average Bonchev–Trinajstić information content (AvgIpc) is 3.30. The van der Waals surface area contributed by atoms with Crippen LogP contribution in [0.3, 0.4) is 0 Å². The normalized spacial score (nSPS) is 19.5. The van der Waals surface area contributed by atoms with Crippen LogP contribution in [0, 0.1) is 0 Å². The van der Waals surface area contributed by atoms with Crippen molar-refractivity contribution in [3.05, 3.63) is 98.5 Å². The minimum atomic E-state index is -0.402. The van der Waals surface area contributed by atoms with Crippen molar-refractivity contribution in [2.75, 3.05) is 39.8 Å². The molecule has 6 nitrogen and oxygen atoms in total. The molecule has 2 heterocycles. The summed E-state index contributed by atoms with van der Waals surface area (Å²) in [5.74, 6) is 1.13. The van der Waals surface area contributed by atoms with Gasteiger partial charge in [-0.05, 0) is 67.6 Å². The largest absolute Gasteiger partial charge is 0.493 e. The van der Waals surface area contributed by atoms with Crippen molar-refractivity contribution in [2.24, 2.45) is 4.99 Å². The summed E-state index contributed by atoms with van der Waals surface area (Å²) in [5, 5.41) is 1.82. The van der Waals surface area contributed by atoms with Crippen LogP contribution in [0.5, 0.6) is 5.75 Å². The van der Waals surface area contributed by atoms with Gasteiger partial charge in [-0.2, -0.15) is 0 Å². The zero-order chi connectivity index (χ0) is 26.8. The molecule has 3 aromatic carbocycles. The van der Waals surface area contributed by atoms with E-state index in [-0.39, 0.29) is 24.5 Å². The highest BCUT2D eigenvalue weighted by molar-refractivity contribution is 6.31. The third-order valence-electron chi connectivity index (χ3n) is 6.95. The third kappa shape index (κ3) is 6.31. The summed E-state index contributed by atoms with van der Waals surface area (Å²) in [6, 6.07) is 19.8. The SMILES string of the molecule is CCOc1cc(Cl)ccc1C1=N[C@H](c2ccc(Cl)cc2)[C@H](c2ccc(Cl)cc2)N1C(=O)N1CCN(C)CC1.Cl. The van der Waals surface area contributed by atoms with E-state index in [9.17, 15) is 4.79 Å². The summed E-state index contributed by atoms with van der Waals surface area (Å²) in [4.78, 5) is 25.5. The number of carbonyl (C=O) groups is 1. The molecule has 0 N–H and O–H groups in total. The summed E-state index contributed by atoms with van der Waals surface area (Å²) in [7, 11) is 2.07. The van der Waals surface area contributed by atoms with Gasteiger partial charge in [-0.15, -0.1) is 12.4 Å². The van der Waals surface area contributed by atoms with Crippen LogP contribution in [-0.2, 0) is 0 Å². The molecule has 0 aliphatic carbocycles. The Morgan fingerprint density at radius 1 is 0.872 bits per heavy atom. The molecule has 39 heavy (non-hydrogen) atoms. The van der Waals surface area contributed by atoms with Gasteiger partial charge in [0.15, 0.2) is 0 Å². The fraction of sp³-hybridized carbons (Fsp3) is 0.310. The molecule has 3 aromatic rings. The number of amidine groups is 1. The fourth-order valence-corrected chi connectivity index (χ4v) is 5.37. The number of rotatable bonds is 5. The number of carbonyl (C=O) groups excluding carboxylic acids is 1. The smallest absolute Gasteiger partial charge is 0.326 e. The van der Waals surface area contributed by atoms with Crippen LogP contribution in [0.15, 0.2) is 71.7 Å². The molecule has 0 spiro atoms. The molecule has 0 unspecified atom stereocenters. The zero-order valence-corrected chi connectivity index (χ0v) is 24.8. The van der Waals surface area contributed by atoms with Gasteiger partial charge in [-0.25, -0.2) is 4.79 Å². The number of hydrogen-bond acceptors (Lipinski definition) is 4. The summed E-state index contributed by atoms with van der Waals surface area (Å²) in [5.41, 5.74) is 2.60. The maximum Gasteiger partial charge on any atom is 0.326 e. The van der Waals surface area contributed by atoms with Crippen molar-refractivity contribution in [3.63, 3.8) is 0 Å². The Morgan fingerprint density at radius 2 is 1.44 bits per heavy atom. The maximum absolute atomic E-state index is 14.3. The third-order valence-corrected chi connectivity index (χ3v) is 7.69. The first kappa shape index (κ1) is 29.5. The van der Waals surface area contributed by atoms with E-state index in [4.69, 9.17) is 44.5 Å². The number of ether oxygens (including phenoxy) is 1. The zero-order valence-electron chi connectivity index (χ0n) is 21.7. The van der Waals surface area contributed by atoms with Crippen LogP contribution in [0.25, 0.3) is 0 Å². The molecule has 2 aliphatic heterocycles. The Morgan fingerprint density at radius 3 is 2.03 bits per heavy atom. The lowest BCUT2D eigenvalue weighted by molar-refractivity contribution is 0.130. The van der Waals surface area contributed by atoms with E-state index in [0.717, 1.165) is 24.2 Å². The second kappa shape index (κ2) is 12.8. The Hall–Kier alpha value is -2.48. The first-order valence-corrected chi connectivity index (χ1v) is 13.8. The number of amides is 2. The molecule has 0 radical (unpaired) electrons. The molecule has 2 atom stereocenters. The van der Waals surface area contributed by atoms with E-state index in [1.165, 1.54) is 0 Å². The van der Waals surface area contributed by atoms with E-state index in [1.54, 1.807) is 12.1 Å². The summed E-state index contributed by atoms with van der Waals surface area (Å²) in [6.07, 6.45) is 0. The molecule has 1 saturated heterocycles. The number of benzene rings is 3. The molecule has 2 amide bonds. The number of aliphatic imine (C=N–C) groups is 1. The maximum atomic E-state index is 14.3. The second-order valence-corrected chi connectivity index (χ2v) is 10.8. The highest BCUT2D eigenvalue weighted by Crippen LogP contribution is 2.45. The summed E-state index contributed by atoms with van der Waals surface area (Å²) < 4.78 is 5.97. The van der Waals surface area contributed by atoms with Crippen molar-refractivity contribution in [1.29, 1.82) is 0 Å². The number of urea groups is 1. The van der Waals surface area contributed by atoms with Crippen LogP contribution >= 0.6 is 47.2 Å². The van der Waals surface area contributed by atoms with Crippen molar-refractivity contribution in [3.8, 4) is 5.75 Å². The van der Waals surface area contributed by atoms with Gasteiger partial charge in [0.2, 0.25) is 0 Å². The number of piperazine rings is 1. The number of halogens is 4. The van der Waals surface area contributed by atoms with E-state index in [0.29, 0.717) is 51.9 Å². The van der Waals surface area contributed by atoms with Gasteiger partial charge in [0.1, 0.15) is 17.6 Å². The second-order valence-electron chi connectivity index (χ2n) is 9.46. The van der Waals surface area contributed by atoms with E-state index in [1.807, 2.05) is 71.3 Å². The standard InChI is InChI=1S/C29H29Cl3N4O2.ClH/c1-3-38-25-18-23(32)12-13-24(25)28-33-26(19-4-8-21(30)9-5-19)27(20-6-10-22(31)11-7-20)36(28)29(37)35-16-14-34(2)15-17-35;/h4-13,18,26-27H,3,14-17H2,1-2H3;1H/t26-,27+;/m1./s1. The van der Waals surface area contributed by atoms with Gasteiger partial charge in [-0.3, -0.25) is 9.89 Å². The molecule has 1 fully saturated rings. The van der Waals surface area contributed by atoms with Gasteiger partial charge < -0.3 is 14.5 Å². The van der Waals surface area contributed by atoms with Gasteiger partial charge >= 0.3 is 6.03 Å². The van der Waals surface area contributed by atoms with Crippen molar-refractivity contribution in [1.82, 2.24) is 14.7 Å². The van der Waals surface area contributed by atoms with Crippen LogP contribution in [0.4, 0.5) is 4.79 Å². The Bertz CT molecular complexity index is 1330. The molecule has 206 valence electrons. The molecular formula is C29H30Cl4N4O2. The van der Waals surface area contributed by atoms with E-state index >= 15 is 0 Å². The molecule has 0 saturated carbocycles. The molecule has 5 rings (SSSR count). The van der Waals surface area contributed by atoms with Gasteiger partial charge in [-0.1, -0.05) is 59.1 Å². The van der Waals surface area contributed by atoms with Gasteiger partial charge in [0.05, 0.1) is 18.2 Å². The summed E-state index contributed by atoms with van der Waals surface area (Å²) in [6.45, 7) is 5.26. The average molecular weight is 608 g/mol.